The third kappa shape index (κ3) is 3.86. The molecule has 0 saturated carbocycles. The van der Waals surface area contributed by atoms with Gasteiger partial charge < -0.3 is 14.8 Å². The van der Waals surface area contributed by atoms with E-state index >= 15 is 0 Å². The molecule has 0 aliphatic heterocycles. The highest BCUT2D eigenvalue weighted by Crippen LogP contribution is 2.33. The minimum absolute atomic E-state index is 0.0526. The zero-order valence-electron chi connectivity index (χ0n) is 12.8. The van der Waals surface area contributed by atoms with Crippen LogP contribution in [0.15, 0.2) is 29.4 Å². The van der Waals surface area contributed by atoms with E-state index in [9.17, 15) is 12.8 Å². The van der Waals surface area contributed by atoms with E-state index in [1.165, 1.54) is 25.6 Å². The molecule has 1 heterocycles. The van der Waals surface area contributed by atoms with E-state index in [1.54, 1.807) is 6.92 Å². The Morgan fingerprint density at radius 2 is 2.04 bits per heavy atom. The first-order valence-electron chi connectivity index (χ1n) is 6.65. The van der Waals surface area contributed by atoms with E-state index in [0.29, 0.717) is 6.61 Å². The molecule has 0 spiro atoms. The molecular weight excluding hydrogens is 325 g/mol. The van der Waals surface area contributed by atoms with Gasteiger partial charge >= 0.3 is 0 Å². The van der Waals surface area contributed by atoms with Gasteiger partial charge in [0.05, 0.1) is 24.3 Å². The minimum atomic E-state index is -3.48. The summed E-state index contributed by atoms with van der Waals surface area (Å²) in [5.74, 6) is -0.0786. The maximum Gasteiger partial charge on any atom is 0.262 e. The fourth-order valence-electron chi connectivity index (χ4n) is 1.83. The maximum absolute atomic E-state index is 14.1. The zero-order chi connectivity index (χ0) is 17.0. The van der Waals surface area contributed by atoms with Crippen molar-refractivity contribution >= 4 is 21.3 Å². The summed E-state index contributed by atoms with van der Waals surface area (Å²) >= 11 is 0. The van der Waals surface area contributed by atoms with Crippen molar-refractivity contribution in [2.75, 3.05) is 25.3 Å². The summed E-state index contributed by atoms with van der Waals surface area (Å²) in [6, 6.07) is 3.56. The van der Waals surface area contributed by atoms with Crippen molar-refractivity contribution in [1.82, 2.24) is 9.97 Å². The maximum atomic E-state index is 14.1. The third-order valence-electron chi connectivity index (χ3n) is 2.88. The van der Waals surface area contributed by atoms with Gasteiger partial charge in [-0.15, -0.1) is 0 Å². The van der Waals surface area contributed by atoms with Gasteiger partial charge in [0.2, 0.25) is 5.75 Å². The monoisotopic (exact) mass is 341 g/mol. The summed E-state index contributed by atoms with van der Waals surface area (Å²) in [5, 5.41) is 2.74. The van der Waals surface area contributed by atoms with Gasteiger partial charge in [-0.2, -0.15) is 4.98 Å². The van der Waals surface area contributed by atoms with Crippen molar-refractivity contribution in [3.05, 3.63) is 30.3 Å². The molecule has 0 radical (unpaired) electrons. The molecule has 7 nitrogen and oxygen atoms in total. The number of rotatable bonds is 6. The lowest BCUT2D eigenvalue weighted by Gasteiger charge is -2.13. The molecule has 0 unspecified atom stereocenters. The Morgan fingerprint density at radius 3 is 2.61 bits per heavy atom. The Morgan fingerprint density at radius 1 is 1.30 bits per heavy atom. The van der Waals surface area contributed by atoms with Crippen LogP contribution in [0.3, 0.4) is 0 Å². The number of nitrogens with zero attached hydrogens (tertiary/aromatic N) is 2. The molecule has 0 bridgehead atoms. The number of benzene rings is 1. The zero-order valence-corrected chi connectivity index (χ0v) is 13.6. The second kappa shape index (κ2) is 6.78. The van der Waals surface area contributed by atoms with E-state index in [4.69, 9.17) is 9.47 Å². The van der Waals surface area contributed by atoms with Crippen molar-refractivity contribution in [1.29, 1.82) is 0 Å². The van der Waals surface area contributed by atoms with Crippen LogP contribution in [-0.4, -0.2) is 38.4 Å². The lowest BCUT2D eigenvalue weighted by Crippen LogP contribution is -2.05. The molecule has 0 amide bonds. The Hall–Kier alpha value is -2.42. The average Bonchev–Trinajstić information content (AvgIpc) is 2.49. The number of anilines is 2. The van der Waals surface area contributed by atoms with Crippen LogP contribution in [-0.2, 0) is 9.84 Å². The lowest BCUT2D eigenvalue weighted by molar-refractivity contribution is 0.298. The van der Waals surface area contributed by atoms with Crippen LogP contribution in [0.5, 0.6) is 11.6 Å². The van der Waals surface area contributed by atoms with Gasteiger partial charge in [-0.3, -0.25) is 0 Å². The molecule has 0 atom stereocenters. The Bertz CT molecular complexity index is 812. The fraction of sp³-hybridized carbons (Fsp3) is 0.286. The second-order valence-corrected chi connectivity index (χ2v) is 6.55. The van der Waals surface area contributed by atoms with E-state index < -0.39 is 15.7 Å². The molecule has 0 saturated heterocycles. The molecule has 0 fully saturated rings. The van der Waals surface area contributed by atoms with Crippen molar-refractivity contribution in [2.24, 2.45) is 0 Å². The molecule has 2 rings (SSSR count). The summed E-state index contributed by atoms with van der Waals surface area (Å²) in [6.07, 6.45) is 2.26. The lowest BCUT2D eigenvalue weighted by atomic mass is 10.3. The predicted octanol–water partition coefficient (Wildman–Crippen LogP) is 2.17. The van der Waals surface area contributed by atoms with Crippen LogP contribution >= 0.6 is 0 Å². The van der Waals surface area contributed by atoms with E-state index in [0.717, 1.165) is 12.3 Å². The van der Waals surface area contributed by atoms with Gasteiger partial charge in [0.25, 0.3) is 5.88 Å². The number of hydrogen-bond acceptors (Lipinski definition) is 7. The van der Waals surface area contributed by atoms with Gasteiger partial charge in [-0.25, -0.2) is 17.8 Å². The number of methoxy groups -OCH3 is 1. The van der Waals surface area contributed by atoms with Crippen LogP contribution in [0.25, 0.3) is 0 Å². The Balaban J connectivity index is 2.38. The summed E-state index contributed by atoms with van der Waals surface area (Å²) in [6.45, 7) is 2.17. The highest BCUT2D eigenvalue weighted by atomic mass is 32.2. The first kappa shape index (κ1) is 16.9. The summed E-state index contributed by atoms with van der Waals surface area (Å²) in [7, 11) is -2.07. The van der Waals surface area contributed by atoms with Gasteiger partial charge in [0.15, 0.2) is 15.7 Å². The molecule has 1 N–H and O–H groups in total. The summed E-state index contributed by atoms with van der Waals surface area (Å²) < 4.78 is 47.5. The predicted molar refractivity (Wildman–Crippen MR) is 82.5 cm³/mol. The summed E-state index contributed by atoms with van der Waals surface area (Å²) in [4.78, 5) is 7.82. The van der Waals surface area contributed by atoms with E-state index in [2.05, 4.69) is 15.3 Å². The van der Waals surface area contributed by atoms with Gasteiger partial charge in [-0.05, 0) is 25.1 Å². The number of hydrogen-bond donors (Lipinski definition) is 1. The number of aromatic nitrogens is 2. The molecule has 0 aliphatic carbocycles. The number of halogens is 1. The molecule has 1 aromatic heterocycles. The largest absolute Gasteiger partial charge is 0.489 e. The molecule has 124 valence electrons. The van der Waals surface area contributed by atoms with Crippen LogP contribution in [0.1, 0.15) is 6.92 Å². The van der Waals surface area contributed by atoms with Crippen molar-refractivity contribution in [3.8, 4) is 11.6 Å². The van der Waals surface area contributed by atoms with Crippen molar-refractivity contribution in [3.63, 3.8) is 0 Å². The molecule has 0 aliphatic rings. The molecule has 2 aromatic rings. The smallest absolute Gasteiger partial charge is 0.262 e. The van der Waals surface area contributed by atoms with Crippen LogP contribution < -0.4 is 14.8 Å². The van der Waals surface area contributed by atoms with Crippen LogP contribution in [0, 0.1) is 5.82 Å². The molecule has 23 heavy (non-hydrogen) atoms. The second-order valence-electron chi connectivity index (χ2n) is 4.53. The molecular formula is C14H16FN3O4S. The third-order valence-corrected chi connectivity index (χ3v) is 3.99. The quantitative estimate of drug-likeness (QED) is 0.861. The van der Waals surface area contributed by atoms with Crippen LogP contribution in [0.2, 0.25) is 0 Å². The Labute approximate surface area is 133 Å². The number of sulfone groups is 1. The van der Waals surface area contributed by atoms with Crippen molar-refractivity contribution < 1.29 is 22.3 Å². The van der Waals surface area contributed by atoms with E-state index in [-0.39, 0.29) is 28.0 Å². The van der Waals surface area contributed by atoms with E-state index in [1.807, 2.05) is 0 Å². The topological polar surface area (TPSA) is 90.4 Å². The van der Waals surface area contributed by atoms with Gasteiger partial charge in [-0.1, -0.05) is 0 Å². The van der Waals surface area contributed by atoms with Gasteiger partial charge in [0, 0.05) is 6.26 Å². The highest BCUT2D eigenvalue weighted by molar-refractivity contribution is 7.90. The molecule has 1 aromatic carbocycles. The fourth-order valence-corrected chi connectivity index (χ4v) is 2.46. The number of ether oxygens (including phenoxy) is 2. The average molecular weight is 341 g/mol. The van der Waals surface area contributed by atoms with Gasteiger partial charge in [0.1, 0.15) is 12.1 Å². The van der Waals surface area contributed by atoms with Crippen molar-refractivity contribution in [2.45, 2.75) is 11.8 Å². The minimum Gasteiger partial charge on any atom is -0.489 e. The first-order chi connectivity index (χ1) is 10.9. The highest BCUT2D eigenvalue weighted by Gasteiger charge is 2.16. The standard InChI is InChI=1S/C14H16FN3O4S/c1-4-22-14-12(21-2)13(16-8-17-14)18-11-6-5-9(7-10(11)15)23(3,19)20/h5-8H,4H2,1-3H3,(H,16,17,18). The SMILES string of the molecule is CCOc1ncnc(Nc2ccc(S(C)(=O)=O)cc2F)c1OC. The summed E-state index contributed by atoms with van der Waals surface area (Å²) in [5.41, 5.74) is 0.0526. The Kier molecular flexibility index (Phi) is 4.99. The van der Waals surface area contributed by atoms with Crippen LogP contribution in [0.4, 0.5) is 15.9 Å². The first-order valence-corrected chi connectivity index (χ1v) is 8.54. The molecule has 9 heteroatoms. The normalized spacial score (nSPS) is 11.1. The number of nitrogens with one attached hydrogen (secondary N) is 1.